The van der Waals surface area contributed by atoms with Crippen LogP contribution in [0.25, 0.3) is 93.7 Å². The summed E-state index contributed by atoms with van der Waals surface area (Å²) < 4.78 is 0. The van der Waals surface area contributed by atoms with Gasteiger partial charge in [0.05, 0.1) is 0 Å². The second kappa shape index (κ2) is 11.6. The molecule has 1 aliphatic rings. The van der Waals surface area contributed by atoms with Crippen molar-refractivity contribution in [2.45, 2.75) is 6.54 Å². The van der Waals surface area contributed by atoms with E-state index in [2.05, 4.69) is 174 Å². The predicted molar refractivity (Wildman–Crippen MR) is 212 cm³/mol. The lowest BCUT2D eigenvalue weighted by Gasteiger charge is -2.24. The number of hydrogen-bond acceptors (Lipinski definition) is 2. The molecule has 0 fully saturated rings. The Labute approximate surface area is 291 Å². The molecule has 0 amide bonds. The summed E-state index contributed by atoms with van der Waals surface area (Å²) in [5.41, 5.74) is 12.6. The molecule has 234 valence electrons. The minimum Gasteiger partial charge on any atom is -0.387 e. The summed E-state index contributed by atoms with van der Waals surface area (Å²) in [6.07, 6.45) is 8.28. The highest BCUT2D eigenvalue weighted by Crippen LogP contribution is 2.46. The van der Waals surface area contributed by atoms with Crippen LogP contribution in [0.1, 0.15) is 11.1 Å². The van der Waals surface area contributed by atoms with Gasteiger partial charge in [-0.1, -0.05) is 133 Å². The quantitative estimate of drug-likeness (QED) is 0.194. The first-order chi connectivity index (χ1) is 24.8. The molecule has 0 bridgehead atoms. The standard InChI is InChI=1S/C48H32N2/c1-3-11-31(12-4-1)45-37-15-7-9-17-39(37)47(43-29-49-25-23-41(43)45)35-21-19-34-28-36(22-20-33(34)27-35)48-40-18-10-8-16-38(40)46(32-13-5-2-6-14-32)42-24-26-50-30-44(42)48/h1-29,50H,30H2. The fraction of sp³-hybridized carbons (Fsp3) is 0.0208. The predicted octanol–water partition coefficient (Wildman–Crippen LogP) is 12.4. The van der Waals surface area contributed by atoms with Gasteiger partial charge in [-0.05, 0) is 124 Å². The fourth-order valence-electron chi connectivity index (χ4n) is 8.23. The summed E-state index contributed by atoms with van der Waals surface area (Å²) in [5.74, 6) is 0. The molecule has 9 aromatic rings. The molecule has 1 aromatic heterocycles. The molecule has 0 atom stereocenters. The molecular formula is C48H32N2. The van der Waals surface area contributed by atoms with Gasteiger partial charge in [-0.15, -0.1) is 0 Å². The molecule has 0 unspecified atom stereocenters. The van der Waals surface area contributed by atoms with Crippen molar-refractivity contribution in [1.82, 2.24) is 10.3 Å². The zero-order chi connectivity index (χ0) is 33.0. The lowest BCUT2D eigenvalue weighted by molar-refractivity contribution is 0.863. The van der Waals surface area contributed by atoms with E-state index < -0.39 is 0 Å². The average molecular weight is 637 g/mol. The van der Waals surface area contributed by atoms with Crippen molar-refractivity contribution >= 4 is 49.2 Å². The van der Waals surface area contributed by atoms with E-state index in [-0.39, 0.29) is 0 Å². The second-order valence-corrected chi connectivity index (χ2v) is 13.1. The molecule has 10 rings (SSSR count). The van der Waals surface area contributed by atoms with Gasteiger partial charge in [-0.25, -0.2) is 0 Å². The zero-order valence-electron chi connectivity index (χ0n) is 27.4. The SMILES string of the molecule is C1=Cc2c(c(-c3ccc4cc(-c5c6ccccc6c(-c6ccccc6)c6ccncc56)ccc4c3)c3ccccc3c2-c2ccccc2)CN1. The third kappa shape index (κ3) is 4.46. The highest BCUT2D eigenvalue weighted by Gasteiger charge is 2.22. The fourth-order valence-corrected chi connectivity index (χ4v) is 8.23. The van der Waals surface area contributed by atoms with Gasteiger partial charge in [-0.2, -0.15) is 0 Å². The lowest BCUT2D eigenvalue weighted by Crippen LogP contribution is -2.13. The van der Waals surface area contributed by atoms with E-state index in [0.717, 1.165) is 11.9 Å². The number of benzene rings is 8. The van der Waals surface area contributed by atoms with Crippen LogP contribution in [-0.4, -0.2) is 4.98 Å². The van der Waals surface area contributed by atoms with Crippen molar-refractivity contribution in [2.75, 3.05) is 0 Å². The Morgan fingerprint density at radius 2 is 0.920 bits per heavy atom. The topological polar surface area (TPSA) is 24.9 Å². The highest BCUT2D eigenvalue weighted by molar-refractivity contribution is 6.21. The molecule has 2 nitrogen and oxygen atoms in total. The Morgan fingerprint density at radius 1 is 0.420 bits per heavy atom. The van der Waals surface area contributed by atoms with Gasteiger partial charge in [-0.3, -0.25) is 4.98 Å². The molecule has 50 heavy (non-hydrogen) atoms. The maximum Gasteiger partial charge on any atom is 0.0407 e. The molecule has 0 aliphatic carbocycles. The van der Waals surface area contributed by atoms with Gasteiger partial charge in [0.25, 0.3) is 0 Å². The summed E-state index contributed by atoms with van der Waals surface area (Å²) in [4.78, 5) is 4.62. The summed E-state index contributed by atoms with van der Waals surface area (Å²) in [6, 6.07) is 55.3. The van der Waals surface area contributed by atoms with E-state index >= 15 is 0 Å². The Balaban J connectivity index is 1.17. The average Bonchev–Trinajstić information content (AvgIpc) is 3.19. The monoisotopic (exact) mass is 636 g/mol. The summed E-state index contributed by atoms with van der Waals surface area (Å²) in [6.45, 7) is 0.788. The highest BCUT2D eigenvalue weighted by atomic mass is 14.8. The Morgan fingerprint density at radius 3 is 1.56 bits per heavy atom. The number of nitrogens with one attached hydrogen (secondary N) is 1. The van der Waals surface area contributed by atoms with E-state index in [9.17, 15) is 0 Å². The number of rotatable bonds is 4. The molecule has 0 spiro atoms. The number of hydrogen-bond donors (Lipinski definition) is 1. The van der Waals surface area contributed by atoms with Crippen LogP contribution >= 0.6 is 0 Å². The van der Waals surface area contributed by atoms with Crippen LogP contribution < -0.4 is 5.32 Å². The second-order valence-electron chi connectivity index (χ2n) is 13.1. The van der Waals surface area contributed by atoms with Crippen LogP contribution in [0.3, 0.4) is 0 Å². The van der Waals surface area contributed by atoms with Crippen molar-refractivity contribution < 1.29 is 0 Å². The molecule has 0 radical (unpaired) electrons. The van der Waals surface area contributed by atoms with Crippen LogP contribution in [0.5, 0.6) is 0 Å². The van der Waals surface area contributed by atoms with Crippen LogP contribution in [0, 0.1) is 0 Å². The summed E-state index contributed by atoms with van der Waals surface area (Å²) in [5, 5.41) is 13.4. The Bertz CT molecular complexity index is 2740. The number of pyridine rings is 1. The van der Waals surface area contributed by atoms with Crippen LogP contribution in [-0.2, 0) is 6.54 Å². The van der Waals surface area contributed by atoms with E-state index in [1.165, 1.54) is 93.3 Å². The van der Waals surface area contributed by atoms with Gasteiger partial charge in [0.2, 0.25) is 0 Å². The first-order valence-corrected chi connectivity index (χ1v) is 17.2. The normalized spacial score (nSPS) is 12.4. The Kier molecular flexibility index (Phi) is 6.60. The van der Waals surface area contributed by atoms with E-state index in [1.54, 1.807) is 0 Å². The Hall–Kier alpha value is -6.51. The molecule has 0 saturated heterocycles. The van der Waals surface area contributed by atoms with Gasteiger partial charge in [0.15, 0.2) is 0 Å². The third-order valence-corrected chi connectivity index (χ3v) is 10.4. The maximum absolute atomic E-state index is 4.62. The van der Waals surface area contributed by atoms with Crippen molar-refractivity contribution in [3.63, 3.8) is 0 Å². The van der Waals surface area contributed by atoms with E-state index in [0.29, 0.717) is 0 Å². The zero-order valence-corrected chi connectivity index (χ0v) is 27.4. The maximum atomic E-state index is 4.62. The van der Waals surface area contributed by atoms with E-state index in [4.69, 9.17) is 0 Å². The number of fused-ring (bicyclic) bond motifs is 5. The largest absolute Gasteiger partial charge is 0.387 e. The minimum atomic E-state index is 0.788. The van der Waals surface area contributed by atoms with Crippen molar-refractivity contribution in [3.05, 3.63) is 181 Å². The summed E-state index contributed by atoms with van der Waals surface area (Å²) in [7, 11) is 0. The van der Waals surface area contributed by atoms with Gasteiger partial charge < -0.3 is 5.32 Å². The molecule has 2 heterocycles. The van der Waals surface area contributed by atoms with Gasteiger partial charge in [0, 0.05) is 24.3 Å². The molecule has 8 aromatic carbocycles. The van der Waals surface area contributed by atoms with Crippen molar-refractivity contribution in [1.29, 1.82) is 0 Å². The molecule has 2 heteroatoms. The molecule has 0 saturated carbocycles. The van der Waals surface area contributed by atoms with Crippen LogP contribution in [0.15, 0.2) is 170 Å². The van der Waals surface area contributed by atoms with Gasteiger partial charge >= 0.3 is 0 Å². The third-order valence-electron chi connectivity index (χ3n) is 10.4. The first-order valence-electron chi connectivity index (χ1n) is 17.2. The summed E-state index contributed by atoms with van der Waals surface area (Å²) >= 11 is 0. The van der Waals surface area contributed by atoms with Crippen molar-refractivity contribution in [2.24, 2.45) is 0 Å². The molecule has 1 aliphatic heterocycles. The molecule has 1 N–H and O–H groups in total. The van der Waals surface area contributed by atoms with Crippen molar-refractivity contribution in [3.8, 4) is 44.5 Å². The van der Waals surface area contributed by atoms with Crippen LogP contribution in [0.4, 0.5) is 0 Å². The first kappa shape index (κ1) is 28.5. The minimum absolute atomic E-state index is 0.788. The number of nitrogens with zero attached hydrogens (tertiary/aromatic N) is 1. The lowest BCUT2D eigenvalue weighted by atomic mass is 9.82. The van der Waals surface area contributed by atoms with Gasteiger partial charge in [0.1, 0.15) is 0 Å². The smallest absolute Gasteiger partial charge is 0.0407 e. The molecular weight excluding hydrogens is 605 g/mol. The van der Waals surface area contributed by atoms with E-state index in [1.807, 2.05) is 12.4 Å². The van der Waals surface area contributed by atoms with Crippen LogP contribution in [0.2, 0.25) is 0 Å². The number of aromatic nitrogens is 1.